The molecule has 0 spiro atoms. The average Bonchev–Trinajstić information content (AvgIpc) is 2.88. The molecule has 0 saturated heterocycles. The molecule has 3 aromatic rings. The first-order chi connectivity index (χ1) is 16.2. The molecule has 0 aliphatic heterocycles. The van der Waals surface area contributed by atoms with E-state index in [-0.39, 0.29) is 19.8 Å². The van der Waals surface area contributed by atoms with Gasteiger partial charge in [0.1, 0.15) is 24.4 Å². The number of hydrogen-bond donors (Lipinski definition) is 2. The number of aliphatic hydroxyl groups excluding tert-OH is 2. The summed E-state index contributed by atoms with van der Waals surface area (Å²) in [6.45, 7) is 0.0108. The number of aliphatic hydroxyl groups is 2. The summed E-state index contributed by atoms with van der Waals surface area (Å²) in [5, 5.41) is 20.3. The first kappa shape index (κ1) is 24.8. The molecule has 0 saturated carbocycles. The molecule has 0 aromatic heterocycles. The van der Waals surface area contributed by atoms with E-state index < -0.39 is 31.0 Å². The lowest BCUT2D eigenvalue weighted by atomic mass is 10.0. The van der Waals surface area contributed by atoms with Gasteiger partial charge in [-0.05, 0) is 16.7 Å². The molecular weight excluding hydrogens is 420 g/mol. The molecule has 2 N–H and O–H groups in total. The first-order valence-electron chi connectivity index (χ1n) is 10.9. The van der Waals surface area contributed by atoms with Crippen LogP contribution in [0.4, 0.5) is 0 Å². The van der Waals surface area contributed by atoms with Crippen LogP contribution >= 0.6 is 0 Å². The van der Waals surface area contributed by atoms with Crippen molar-refractivity contribution in [1.82, 2.24) is 0 Å². The maximum absolute atomic E-state index is 12.1. The van der Waals surface area contributed by atoms with Crippen LogP contribution in [0, 0.1) is 0 Å². The normalized spacial score (nSPS) is 14.8. The van der Waals surface area contributed by atoms with Gasteiger partial charge >= 0.3 is 0 Å². The molecule has 0 aliphatic rings. The predicted molar refractivity (Wildman–Crippen MR) is 124 cm³/mol. The highest BCUT2D eigenvalue weighted by Gasteiger charge is 2.37. The minimum atomic E-state index is -1.27. The SMILES string of the molecule is O=C[C@H](OCc1ccccc1)[C@@H](OCc1ccccc1)[C@@H](OCc1ccccc1)[C@H](O)CO. The molecule has 0 fully saturated rings. The second kappa shape index (κ2) is 13.6. The van der Waals surface area contributed by atoms with Gasteiger partial charge < -0.3 is 29.2 Å². The highest BCUT2D eigenvalue weighted by Crippen LogP contribution is 2.20. The van der Waals surface area contributed by atoms with Crippen molar-refractivity contribution in [3.63, 3.8) is 0 Å². The van der Waals surface area contributed by atoms with Gasteiger partial charge in [-0.2, -0.15) is 0 Å². The Bertz CT molecular complexity index is 919. The van der Waals surface area contributed by atoms with Gasteiger partial charge in [0.05, 0.1) is 26.4 Å². The number of ether oxygens (including phenoxy) is 3. The number of benzene rings is 3. The van der Waals surface area contributed by atoms with Crippen molar-refractivity contribution < 1.29 is 29.2 Å². The Morgan fingerprint density at radius 3 is 1.42 bits per heavy atom. The lowest BCUT2D eigenvalue weighted by Gasteiger charge is -2.33. The van der Waals surface area contributed by atoms with Crippen LogP contribution < -0.4 is 0 Å². The zero-order valence-corrected chi connectivity index (χ0v) is 18.4. The zero-order valence-electron chi connectivity index (χ0n) is 18.4. The van der Waals surface area contributed by atoms with E-state index in [1.54, 1.807) is 0 Å². The standard InChI is InChI=1S/C27H30O6/c28-16-24(30)26(32-19-22-12-6-2-7-13-22)27(33-20-23-14-8-3-9-15-23)25(17-29)31-18-21-10-4-1-5-11-21/h1-15,17,24-28,30H,16,18-20H2/t24-,25+,26+,27-/m1/s1. The van der Waals surface area contributed by atoms with E-state index in [9.17, 15) is 15.0 Å². The van der Waals surface area contributed by atoms with Gasteiger partial charge in [-0.25, -0.2) is 0 Å². The lowest BCUT2D eigenvalue weighted by Crippen LogP contribution is -2.50. The molecule has 6 heteroatoms. The Kier molecular flexibility index (Phi) is 10.2. The summed E-state index contributed by atoms with van der Waals surface area (Å²) in [6, 6.07) is 28.4. The molecule has 4 atom stereocenters. The molecule has 174 valence electrons. The minimum absolute atomic E-state index is 0.179. The Morgan fingerprint density at radius 2 is 1.03 bits per heavy atom. The fourth-order valence-corrected chi connectivity index (χ4v) is 3.42. The number of hydrogen-bond acceptors (Lipinski definition) is 6. The van der Waals surface area contributed by atoms with E-state index in [0.29, 0.717) is 6.29 Å². The van der Waals surface area contributed by atoms with Crippen molar-refractivity contribution in [2.24, 2.45) is 0 Å². The molecule has 0 amide bonds. The number of carbonyl (C=O) groups excluding carboxylic acids is 1. The van der Waals surface area contributed by atoms with E-state index in [2.05, 4.69) is 0 Å². The number of carbonyl (C=O) groups is 1. The third-order valence-electron chi connectivity index (χ3n) is 5.20. The van der Waals surface area contributed by atoms with Gasteiger partial charge in [-0.15, -0.1) is 0 Å². The monoisotopic (exact) mass is 450 g/mol. The van der Waals surface area contributed by atoms with Crippen LogP contribution in [-0.4, -0.2) is 47.5 Å². The topological polar surface area (TPSA) is 85.2 Å². The summed E-state index contributed by atoms with van der Waals surface area (Å²) in [7, 11) is 0. The van der Waals surface area contributed by atoms with Crippen LogP contribution in [0.25, 0.3) is 0 Å². The second-order valence-corrected chi connectivity index (χ2v) is 7.67. The van der Waals surface area contributed by atoms with Crippen LogP contribution in [0.5, 0.6) is 0 Å². The van der Waals surface area contributed by atoms with Crippen LogP contribution in [0.15, 0.2) is 91.0 Å². The Morgan fingerprint density at radius 1 is 0.636 bits per heavy atom. The van der Waals surface area contributed by atoms with Gasteiger partial charge in [0.2, 0.25) is 0 Å². The third-order valence-corrected chi connectivity index (χ3v) is 5.20. The molecular formula is C27H30O6. The minimum Gasteiger partial charge on any atom is -0.394 e. The molecule has 0 radical (unpaired) electrons. The summed E-state index contributed by atoms with van der Waals surface area (Å²) in [6.07, 6.45) is -3.57. The molecule has 3 rings (SSSR count). The third kappa shape index (κ3) is 7.89. The van der Waals surface area contributed by atoms with E-state index in [1.165, 1.54) is 0 Å². The quantitative estimate of drug-likeness (QED) is 0.367. The summed E-state index contributed by atoms with van der Waals surface area (Å²) < 4.78 is 18.0. The molecule has 0 unspecified atom stereocenters. The number of rotatable bonds is 14. The Balaban J connectivity index is 1.79. The highest BCUT2D eigenvalue weighted by molar-refractivity contribution is 5.57. The largest absolute Gasteiger partial charge is 0.394 e. The summed E-state index contributed by atoms with van der Waals surface area (Å²) in [5.41, 5.74) is 2.69. The Labute approximate surface area is 194 Å². The number of aldehydes is 1. The van der Waals surface area contributed by atoms with E-state index in [0.717, 1.165) is 16.7 Å². The molecule has 33 heavy (non-hydrogen) atoms. The van der Waals surface area contributed by atoms with Gasteiger partial charge in [0.25, 0.3) is 0 Å². The maximum atomic E-state index is 12.1. The lowest BCUT2D eigenvalue weighted by molar-refractivity contribution is -0.182. The van der Waals surface area contributed by atoms with Gasteiger partial charge in [-0.3, -0.25) is 0 Å². The van der Waals surface area contributed by atoms with Crippen LogP contribution in [0.3, 0.4) is 0 Å². The fraction of sp³-hybridized carbons (Fsp3) is 0.296. The smallest absolute Gasteiger partial charge is 0.151 e. The summed E-state index contributed by atoms with van der Waals surface area (Å²) >= 11 is 0. The van der Waals surface area contributed by atoms with Crippen molar-refractivity contribution in [1.29, 1.82) is 0 Å². The molecule has 3 aromatic carbocycles. The van der Waals surface area contributed by atoms with Gasteiger partial charge in [0.15, 0.2) is 6.29 Å². The fourth-order valence-electron chi connectivity index (χ4n) is 3.42. The Hall–Kier alpha value is -2.87. The molecule has 0 bridgehead atoms. The first-order valence-corrected chi connectivity index (χ1v) is 10.9. The van der Waals surface area contributed by atoms with Crippen molar-refractivity contribution in [2.45, 2.75) is 44.2 Å². The van der Waals surface area contributed by atoms with Crippen LogP contribution in [-0.2, 0) is 38.8 Å². The highest BCUT2D eigenvalue weighted by atomic mass is 16.6. The van der Waals surface area contributed by atoms with Crippen molar-refractivity contribution >= 4 is 6.29 Å². The van der Waals surface area contributed by atoms with E-state index >= 15 is 0 Å². The van der Waals surface area contributed by atoms with Crippen molar-refractivity contribution in [3.8, 4) is 0 Å². The van der Waals surface area contributed by atoms with E-state index in [1.807, 2.05) is 91.0 Å². The maximum Gasteiger partial charge on any atom is 0.151 e. The van der Waals surface area contributed by atoms with Gasteiger partial charge in [0, 0.05) is 0 Å². The van der Waals surface area contributed by atoms with Crippen LogP contribution in [0.2, 0.25) is 0 Å². The molecule has 0 heterocycles. The predicted octanol–water partition coefficient (Wildman–Crippen LogP) is 3.29. The van der Waals surface area contributed by atoms with Gasteiger partial charge in [-0.1, -0.05) is 91.0 Å². The van der Waals surface area contributed by atoms with Crippen LogP contribution in [0.1, 0.15) is 16.7 Å². The summed E-state index contributed by atoms with van der Waals surface area (Å²) in [5.74, 6) is 0. The second-order valence-electron chi connectivity index (χ2n) is 7.67. The van der Waals surface area contributed by atoms with Crippen molar-refractivity contribution in [3.05, 3.63) is 108 Å². The van der Waals surface area contributed by atoms with Crippen molar-refractivity contribution in [2.75, 3.05) is 6.61 Å². The zero-order chi connectivity index (χ0) is 23.3. The average molecular weight is 451 g/mol. The summed E-state index contributed by atoms with van der Waals surface area (Å²) in [4.78, 5) is 12.1. The molecule has 6 nitrogen and oxygen atoms in total. The molecule has 0 aliphatic carbocycles. The van der Waals surface area contributed by atoms with E-state index in [4.69, 9.17) is 14.2 Å².